The topological polar surface area (TPSA) is 62.1 Å². The van der Waals surface area contributed by atoms with Crippen LogP contribution in [0.2, 0.25) is 0 Å². The van der Waals surface area contributed by atoms with E-state index in [2.05, 4.69) is 11.6 Å². The third-order valence-electron chi connectivity index (χ3n) is 3.21. The number of para-hydroxylation sites is 1. The van der Waals surface area contributed by atoms with E-state index in [4.69, 9.17) is 5.73 Å². The molecule has 100 valence electrons. The van der Waals surface area contributed by atoms with Crippen LogP contribution >= 0.6 is 0 Å². The van der Waals surface area contributed by atoms with Gasteiger partial charge in [-0.05, 0) is 18.1 Å². The molecule has 1 heterocycles. The highest BCUT2D eigenvalue weighted by Gasteiger charge is 2.18. The van der Waals surface area contributed by atoms with Gasteiger partial charge in [0.2, 0.25) is 5.91 Å². The van der Waals surface area contributed by atoms with Crippen LogP contribution in [-0.2, 0) is 11.2 Å². The van der Waals surface area contributed by atoms with Crippen LogP contribution in [0.1, 0.15) is 5.56 Å². The van der Waals surface area contributed by atoms with Gasteiger partial charge < -0.3 is 15.6 Å². The maximum atomic E-state index is 12.0. The standard InChI is InChI=1S/C15H19N3O/c1-3-8-18(2)15(19)13(16)9-11-10-17-14-7-5-4-6-12(11)14/h3-7,10,13,17H,1,8-9,16H2,2H3/t13-/m0/s1. The summed E-state index contributed by atoms with van der Waals surface area (Å²) in [7, 11) is 1.74. The van der Waals surface area contributed by atoms with E-state index in [0.29, 0.717) is 13.0 Å². The van der Waals surface area contributed by atoms with Gasteiger partial charge in [0.05, 0.1) is 6.04 Å². The second-order valence-corrected chi connectivity index (χ2v) is 4.68. The highest BCUT2D eigenvalue weighted by atomic mass is 16.2. The lowest BCUT2D eigenvalue weighted by molar-refractivity contribution is -0.130. The Hall–Kier alpha value is -2.07. The fourth-order valence-electron chi connectivity index (χ4n) is 2.19. The normalized spacial score (nSPS) is 12.3. The summed E-state index contributed by atoms with van der Waals surface area (Å²) in [6.45, 7) is 4.13. The summed E-state index contributed by atoms with van der Waals surface area (Å²) in [6, 6.07) is 7.48. The van der Waals surface area contributed by atoms with E-state index in [-0.39, 0.29) is 5.91 Å². The van der Waals surface area contributed by atoms with Gasteiger partial charge in [0.25, 0.3) is 0 Å². The van der Waals surface area contributed by atoms with Crippen molar-refractivity contribution in [1.82, 2.24) is 9.88 Å². The molecule has 0 radical (unpaired) electrons. The molecule has 0 spiro atoms. The Kier molecular flexibility index (Phi) is 4.02. The van der Waals surface area contributed by atoms with Crippen LogP contribution in [0.4, 0.5) is 0 Å². The van der Waals surface area contributed by atoms with Gasteiger partial charge in [-0.2, -0.15) is 0 Å². The van der Waals surface area contributed by atoms with Crippen LogP contribution in [0.15, 0.2) is 43.1 Å². The number of aromatic nitrogens is 1. The molecule has 1 aromatic heterocycles. The third kappa shape index (κ3) is 2.85. The second-order valence-electron chi connectivity index (χ2n) is 4.68. The molecule has 1 amide bonds. The number of rotatable bonds is 5. The zero-order chi connectivity index (χ0) is 13.8. The predicted octanol–water partition coefficient (Wildman–Crippen LogP) is 1.68. The highest BCUT2D eigenvalue weighted by Crippen LogP contribution is 2.18. The maximum Gasteiger partial charge on any atom is 0.239 e. The summed E-state index contributed by atoms with van der Waals surface area (Å²) in [5.74, 6) is -0.0646. The zero-order valence-electron chi connectivity index (χ0n) is 11.1. The van der Waals surface area contributed by atoms with Crippen molar-refractivity contribution < 1.29 is 4.79 Å². The Morgan fingerprint density at radius 3 is 3.00 bits per heavy atom. The molecule has 0 unspecified atom stereocenters. The van der Waals surface area contributed by atoms with E-state index in [0.717, 1.165) is 16.5 Å². The summed E-state index contributed by atoms with van der Waals surface area (Å²) in [5, 5.41) is 1.12. The molecule has 3 N–H and O–H groups in total. The summed E-state index contributed by atoms with van der Waals surface area (Å²) in [4.78, 5) is 16.8. The minimum Gasteiger partial charge on any atom is -0.361 e. The Morgan fingerprint density at radius 2 is 2.26 bits per heavy atom. The molecule has 4 heteroatoms. The van der Waals surface area contributed by atoms with Gasteiger partial charge in [-0.25, -0.2) is 0 Å². The number of benzene rings is 1. The number of nitrogens with one attached hydrogen (secondary N) is 1. The Morgan fingerprint density at radius 1 is 1.53 bits per heavy atom. The first-order valence-electron chi connectivity index (χ1n) is 6.30. The lowest BCUT2D eigenvalue weighted by Gasteiger charge is -2.19. The molecule has 1 aromatic carbocycles. The number of nitrogens with zero attached hydrogens (tertiary/aromatic N) is 1. The Labute approximate surface area is 112 Å². The fourth-order valence-corrected chi connectivity index (χ4v) is 2.19. The van der Waals surface area contributed by atoms with Crippen LogP contribution in [0.3, 0.4) is 0 Å². The van der Waals surface area contributed by atoms with Crippen molar-refractivity contribution >= 4 is 16.8 Å². The summed E-state index contributed by atoms with van der Waals surface area (Å²) in [5.41, 5.74) is 8.13. The first-order valence-corrected chi connectivity index (χ1v) is 6.30. The smallest absolute Gasteiger partial charge is 0.239 e. The van der Waals surface area contributed by atoms with Crippen molar-refractivity contribution in [2.45, 2.75) is 12.5 Å². The van der Waals surface area contributed by atoms with Crippen molar-refractivity contribution in [3.8, 4) is 0 Å². The third-order valence-corrected chi connectivity index (χ3v) is 3.21. The molecule has 2 aromatic rings. The molecule has 0 bridgehead atoms. The molecule has 0 aliphatic carbocycles. The van der Waals surface area contributed by atoms with Crippen LogP contribution in [0, 0.1) is 0 Å². The van der Waals surface area contributed by atoms with Crippen LogP contribution in [0.25, 0.3) is 10.9 Å². The number of H-pyrrole nitrogens is 1. The SMILES string of the molecule is C=CCN(C)C(=O)[C@@H](N)Cc1c[nH]c2ccccc12. The number of amides is 1. The molecule has 0 saturated carbocycles. The number of hydrogen-bond donors (Lipinski definition) is 2. The molecule has 0 aliphatic rings. The van der Waals surface area contributed by atoms with E-state index in [9.17, 15) is 4.79 Å². The summed E-state index contributed by atoms with van der Waals surface area (Å²) < 4.78 is 0. The Balaban J connectivity index is 2.12. The van der Waals surface area contributed by atoms with Gasteiger partial charge in [0.1, 0.15) is 0 Å². The van der Waals surface area contributed by atoms with E-state index in [1.54, 1.807) is 18.0 Å². The lowest BCUT2D eigenvalue weighted by Crippen LogP contribution is -2.43. The van der Waals surface area contributed by atoms with Gasteiger partial charge >= 0.3 is 0 Å². The van der Waals surface area contributed by atoms with Crippen molar-refractivity contribution in [3.63, 3.8) is 0 Å². The molecule has 1 atom stereocenters. The van der Waals surface area contributed by atoms with Gasteiger partial charge in [0, 0.05) is 30.7 Å². The number of likely N-dealkylation sites (N-methyl/N-ethyl adjacent to an activating group) is 1. The van der Waals surface area contributed by atoms with Crippen LogP contribution in [-0.4, -0.2) is 35.4 Å². The quantitative estimate of drug-likeness (QED) is 0.801. The van der Waals surface area contributed by atoms with Crippen molar-refractivity contribution in [3.05, 3.63) is 48.7 Å². The van der Waals surface area contributed by atoms with Gasteiger partial charge in [-0.1, -0.05) is 24.3 Å². The lowest BCUT2D eigenvalue weighted by atomic mass is 10.0. The number of carbonyl (C=O) groups excluding carboxylic acids is 1. The molecule has 0 fully saturated rings. The zero-order valence-corrected chi connectivity index (χ0v) is 11.1. The number of aromatic amines is 1. The van der Waals surface area contributed by atoms with Crippen LogP contribution in [0.5, 0.6) is 0 Å². The Bertz CT molecular complexity index is 588. The molecular weight excluding hydrogens is 238 g/mol. The fraction of sp³-hybridized carbons (Fsp3) is 0.267. The van der Waals surface area contributed by atoms with E-state index >= 15 is 0 Å². The highest BCUT2D eigenvalue weighted by molar-refractivity contribution is 5.86. The number of fused-ring (bicyclic) bond motifs is 1. The summed E-state index contributed by atoms with van der Waals surface area (Å²) in [6.07, 6.45) is 4.14. The summed E-state index contributed by atoms with van der Waals surface area (Å²) >= 11 is 0. The van der Waals surface area contributed by atoms with E-state index in [1.165, 1.54) is 0 Å². The molecule has 0 aliphatic heterocycles. The second kappa shape index (κ2) is 5.71. The van der Waals surface area contributed by atoms with Crippen molar-refractivity contribution in [1.29, 1.82) is 0 Å². The van der Waals surface area contributed by atoms with Crippen molar-refractivity contribution in [2.75, 3.05) is 13.6 Å². The number of hydrogen-bond acceptors (Lipinski definition) is 2. The predicted molar refractivity (Wildman–Crippen MR) is 77.8 cm³/mol. The first-order chi connectivity index (χ1) is 9.13. The van der Waals surface area contributed by atoms with Crippen LogP contribution < -0.4 is 5.73 Å². The van der Waals surface area contributed by atoms with E-state index < -0.39 is 6.04 Å². The van der Waals surface area contributed by atoms with Gasteiger partial charge in [-0.15, -0.1) is 6.58 Å². The molecule has 2 rings (SSSR count). The molecule has 19 heavy (non-hydrogen) atoms. The molecule has 0 saturated heterocycles. The van der Waals surface area contributed by atoms with E-state index in [1.807, 2.05) is 30.5 Å². The first kappa shape index (κ1) is 13.4. The van der Waals surface area contributed by atoms with Gasteiger partial charge in [0.15, 0.2) is 0 Å². The van der Waals surface area contributed by atoms with Crippen molar-refractivity contribution in [2.24, 2.45) is 5.73 Å². The average Bonchev–Trinajstić information content (AvgIpc) is 2.81. The van der Waals surface area contributed by atoms with Gasteiger partial charge in [-0.3, -0.25) is 4.79 Å². The minimum absolute atomic E-state index is 0.0646. The number of nitrogens with two attached hydrogens (primary N) is 1. The maximum absolute atomic E-state index is 12.0. The minimum atomic E-state index is -0.524. The molecular formula is C15H19N3O. The number of carbonyl (C=O) groups is 1. The largest absolute Gasteiger partial charge is 0.361 e. The monoisotopic (exact) mass is 257 g/mol. The average molecular weight is 257 g/mol. The molecule has 4 nitrogen and oxygen atoms in total.